The third-order valence-electron chi connectivity index (χ3n) is 2.70. The Kier molecular flexibility index (Phi) is 11.5. The Balaban J connectivity index is 0.000000306. The van der Waals surface area contributed by atoms with Crippen molar-refractivity contribution in [1.29, 1.82) is 10.5 Å². The van der Waals surface area contributed by atoms with Crippen LogP contribution in [-0.2, 0) is 6.42 Å². The van der Waals surface area contributed by atoms with Crippen molar-refractivity contribution in [1.82, 2.24) is 0 Å². The third kappa shape index (κ3) is 11.0. The summed E-state index contributed by atoms with van der Waals surface area (Å²) in [5.41, 5.74) is 2.72. The number of nitriles is 2. The number of allylic oxidation sites excluding steroid dienone is 7. The zero-order valence-corrected chi connectivity index (χ0v) is 13.3. The molecule has 22 heavy (non-hydrogen) atoms. The minimum Gasteiger partial charge on any atom is -0.192 e. The molecule has 1 aromatic rings. The van der Waals surface area contributed by atoms with Gasteiger partial charge in [-0.2, -0.15) is 10.5 Å². The summed E-state index contributed by atoms with van der Waals surface area (Å²) >= 11 is 0. The van der Waals surface area contributed by atoms with Crippen LogP contribution in [0.2, 0.25) is 0 Å². The normalized spacial score (nSPS) is 11.2. The van der Waals surface area contributed by atoms with Crippen LogP contribution in [0.25, 0.3) is 0 Å². The molecule has 0 amide bonds. The standard InChI is InChI=1S/2C8H10.C4H2N2/c1-8-6-4-2-3-5-7-8;1-2-8-6-4-3-5-7-8;1-4(2-5)3-6/h2-4,6-7H,5H2,1H3;3-7H,2H2,1H3;1H2. The Morgan fingerprint density at radius 1 is 1.14 bits per heavy atom. The molecule has 1 aliphatic rings. The molecule has 0 saturated carbocycles. The van der Waals surface area contributed by atoms with E-state index in [2.05, 4.69) is 75.1 Å². The van der Waals surface area contributed by atoms with Crippen LogP contribution < -0.4 is 0 Å². The first-order chi connectivity index (χ1) is 10.6. The van der Waals surface area contributed by atoms with E-state index in [0.29, 0.717) is 0 Å². The predicted molar refractivity (Wildman–Crippen MR) is 92.8 cm³/mol. The predicted octanol–water partition coefficient (Wildman–Crippen LogP) is 5.29. The van der Waals surface area contributed by atoms with Gasteiger partial charge in [-0.3, -0.25) is 0 Å². The SMILES string of the molecule is C=C(C#N)C#N.CC1=CCC=CC=C1.CCc1ccccc1. The Morgan fingerprint density at radius 2 is 1.77 bits per heavy atom. The van der Waals surface area contributed by atoms with Crippen molar-refractivity contribution >= 4 is 0 Å². The molecule has 0 spiro atoms. The first-order valence-corrected chi connectivity index (χ1v) is 7.17. The molecule has 0 aromatic heterocycles. The number of nitrogens with zero attached hydrogens (tertiary/aromatic N) is 2. The van der Waals surface area contributed by atoms with Gasteiger partial charge in [0.1, 0.15) is 17.7 Å². The Bertz CT molecular complexity index is 587. The van der Waals surface area contributed by atoms with Crippen LogP contribution in [-0.4, -0.2) is 0 Å². The van der Waals surface area contributed by atoms with Crippen molar-refractivity contribution in [3.05, 3.63) is 84.0 Å². The van der Waals surface area contributed by atoms with Crippen LogP contribution in [0.15, 0.2) is 78.4 Å². The van der Waals surface area contributed by atoms with Crippen molar-refractivity contribution in [2.24, 2.45) is 0 Å². The number of hydrogen-bond donors (Lipinski definition) is 0. The van der Waals surface area contributed by atoms with Gasteiger partial charge in [-0.05, 0) is 25.3 Å². The minimum atomic E-state index is -0.0463. The van der Waals surface area contributed by atoms with Crippen molar-refractivity contribution < 1.29 is 0 Å². The second-order valence-corrected chi connectivity index (χ2v) is 4.51. The maximum Gasteiger partial charge on any atom is 0.122 e. The lowest BCUT2D eigenvalue weighted by atomic mass is 10.2. The van der Waals surface area contributed by atoms with E-state index in [1.54, 1.807) is 12.1 Å². The van der Waals surface area contributed by atoms with E-state index in [-0.39, 0.29) is 5.57 Å². The van der Waals surface area contributed by atoms with E-state index >= 15 is 0 Å². The molecule has 0 heterocycles. The zero-order chi connectivity index (χ0) is 16.6. The molecule has 2 heteroatoms. The lowest BCUT2D eigenvalue weighted by Crippen LogP contribution is -1.73. The summed E-state index contributed by atoms with van der Waals surface area (Å²) in [6.07, 6.45) is 12.8. The van der Waals surface area contributed by atoms with E-state index in [1.807, 2.05) is 6.07 Å². The van der Waals surface area contributed by atoms with Crippen molar-refractivity contribution in [3.8, 4) is 12.1 Å². The summed E-state index contributed by atoms with van der Waals surface area (Å²) in [6, 6.07) is 13.6. The molecule has 0 atom stereocenters. The van der Waals surface area contributed by atoms with Crippen molar-refractivity contribution in [3.63, 3.8) is 0 Å². The van der Waals surface area contributed by atoms with E-state index in [1.165, 1.54) is 11.1 Å². The fourth-order valence-electron chi connectivity index (χ4n) is 1.43. The Labute approximate surface area is 134 Å². The summed E-state index contributed by atoms with van der Waals surface area (Å²) in [6.45, 7) is 7.35. The highest BCUT2D eigenvalue weighted by atomic mass is 14.3. The second-order valence-electron chi connectivity index (χ2n) is 4.51. The fourth-order valence-corrected chi connectivity index (χ4v) is 1.43. The van der Waals surface area contributed by atoms with Crippen molar-refractivity contribution in [2.45, 2.75) is 26.7 Å². The molecule has 2 nitrogen and oxygen atoms in total. The van der Waals surface area contributed by atoms with Gasteiger partial charge in [0.25, 0.3) is 0 Å². The topological polar surface area (TPSA) is 47.6 Å². The molecule has 2 rings (SSSR count). The fraction of sp³-hybridized carbons (Fsp3) is 0.200. The highest BCUT2D eigenvalue weighted by Gasteiger charge is 1.81. The molecule has 1 aromatic carbocycles. The van der Waals surface area contributed by atoms with Crippen LogP contribution in [0, 0.1) is 22.7 Å². The lowest BCUT2D eigenvalue weighted by molar-refractivity contribution is 1.14. The number of aryl methyl sites for hydroxylation is 1. The van der Waals surface area contributed by atoms with Gasteiger partial charge in [0.05, 0.1) is 0 Å². The highest BCUT2D eigenvalue weighted by Crippen LogP contribution is 2.02. The summed E-state index contributed by atoms with van der Waals surface area (Å²) in [7, 11) is 0. The summed E-state index contributed by atoms with van der Waals surface area (Å²) in [5, 5.41) is 15.5. The first kappa shape index (κ1) is 19.2. The van der Waals surface area contributed by atoms with E-state index in [0.717, 1.165) is 12.8 Å². The first-order valence-electron chi connectivity index (χ1n) is 7.17. The molecule has 112 valence electrons. The van der Waals surface area contributed by atoms with Gasteiger partial charge in [-0.25, -0.2) is 0 Å². The Morgan fingerprint density at radius 3 is 2.23 bits per heavy atom. The maximum atomic E-state index is 7.76. The largest absolute Gasteiger partial charge is 0.192 e. The molecule has 0 radical (unpaired) electrons. The quantitative estimate of drug-likeness (QED) is 0.660. The Hall–Kier alpha value is -2.84. The van der Waals surface area contributed by atoms with Gasteiger partial charge in [-0.15, -0.1) is 0 Å². The maximum absolute atomic E-state index is 7.76. The van der Waals surface area contributed by atoms with E-state index < -0.39 is 0 Å². The van der Waals surface area contributed by atoms with E-state index in [4.69, 9.17) is 10.5 Å². The lowest BCUT2D eigenvalue weighted by Gasteiger charge is -1.89. The average Bonchev–Trinajstić information content (AvgIpc) is 2.83. The number of hydrogen-bond acceptors (Lipinski definition) is 2. The van der Waals surface area contributed by atoms with Gasteiger partial charge < -0.3 is 0 Å². The van der Waals surface area contributed by atoms with Crippen LogP contribution in [0.1, 0.15) is 25.8 Å². The zero-order valence-electron chi connectivity index (χ0n) is 13.3. The molecule has 0 fully saturated rings. The smallest absolute Gasteiger partial charge is 0.122 e. The van der Waals surface area contributed by atoms with Gasteiger partial charge in [0, 0.05) is 0 Å². The molecule has 0 bridgehead atoms. The van der Waals surface area contributed by atoms with Crippen LogP contribution in [0.4, 0.5) is 0 Å². The molecule has 0 saturated heterocycles. The third-order valence-corrected chi connectivity index (χ3v) is 2.70. The molecule has 0 N–H and O–H groups in total. The monoisotopic (exact) mass is 290 g/mol. The molecule has 0 aliphatic heterocycles. The highest BCUT2D eigenvalue weighted by molar-refractivity contribution is 5.31. The summed E-state index contributed by atoms with van der Waals surface area (Å²) < 4.78 is 0. The molecular weight excluding hydrogens is 268 g/mol. The van der Waals surface area contributed by atoms with Gasteiger partial charge in [-0.1, -0.05) is 79.8 Å². The van der Waals surface area contributed by atoms with Gasteiger partial charge in [0.15, 0.2) is 0 Å². The van der Waals surface area contributed by atoms with Crippen LogP contribution in [0.3, 0.4) is 0 Å². The van der Waals surface area contributed by atoms with Crippen LogP contribution in [0.5, 0.6) is 0 Å². The number of rotatable bonds is 1. The molecule has 1 aliphatic carbocycles. The molecule has 0 unspecified atom stereocenters. The van der Waals surface area contributed by atoms with Crippen molar-refractivity contribution in [2.75, 3.05) is 0 Å². The van der Waals surface area contributed by atoms with Crippen LogP contribution >= 0.6 is 0 Å². The number of benzene rings is 1. The second kappa shape index (κ2) is 13.2. The van der Waals surface area contributed by atoms with Gasteiger partial charge >= 0.3 is 0 Å². The average molecular weight is 290 g/mol. The van der Waals surface area contributed by atoms with Gasteiger partial charge in [0.2, 0.25) is 0 Å². The molecular formula is C20H22N2. The summed E-state index contributed by atoms with van der Waals surface area (Å²) in [4.78, 5) is 0. The van der Waals surface area contributed by atoms with E-state index in [9.17, 15) is 0 Å². The summed E-state index contributed by atoms with van der Waals surface area (Å²) in [5.74, 6) is 0. The minimum absolute atomic E-state index is 0.0463.